The summed E-state index contributed by atoms with van der Waals surface area (Å²) >= 11 is 0. The standard InChI is InChI=1S/C16H13F2N5O2/c17-11-3-1-2-8(13(11)18)4-22-5-12-14(20-22)16(24)23(21-19-12)15-9-6-25-7-10(9)15/h1-3,5,9-10,15H,4,6-7H2/t9-,10+,15?. The van der Waals surface area contributed by atoms with Crippen LogP contribution in [0.1, 0.15) is 11.6 Å². The molecule has 2 aliphatic rings. The number of aromatic nitrogens is 5. The fourth-order valence-electron chi connectivity index (χ4n) is 3.58. The molecular weight excluding hydrogens is 332 g/mol. The van der Waals surface area contributed by atoms with E-state index in [1.807, 2.05) is 0 Å². The highest BCUT2D eigenvalue weighted by Gasteiger charge is 2.56. The Kier molecular flexibility index (Phi) is 3.02. The van der Waals surface area contributed by atoms with Crippen molar-refractivity contribution in [3.63, 3.8) is 0 Å². The van der Waals surface area contributed by atoms with Crippen molar-refractivity contribution in [3.8, 4) is 0 Å². The molecule has 7 nitrogen and oxygen atoms in total. The molecule has 1 saturated carbocycles. The molecule has 0 bridgehead atoms. The number of benzene rings is 1. The normalized spacial score (nSPS) is 24.6. The van der Waals surface area contributed by atoms with Crippen LogP contribution in [0, 0.1) is 23.5 Å². The number of halogens is 2. The lowest BCUT2D eigenvalue weighted by molar-refractivity contribution is 0.149. The van der Waals surface area contributed by atoms with Crippen molar-refractivity contribution < 1.29 is 13.5 Å². The molecule has 3 atom stereocenters. The summed E-state index contributed by atoms with van der Waals surface area (Å²) in [5.41, 5.74) is 0.343. The van der Waals surface area contributed by atoms with E-state index in [0.29, 0.717) is 30.6 Å². The van der Waals surface area contributed by atoms with Crippen molar-refractivity contribution in [2.75, 3.05) is 13.2 Å². The van der Waals surface area contributed by atoms with Gasteiger partial charge in [-0.15, -0.1) is 5.10 Å². The van der Waals surface area contributed by atoms with Crippen molar-refractivity contribution in [2.45, 2.75) is 12.6 Å². The molecular formula is C16H13F2N5O2. The highest BCUT2D eigenvalue weighted by Crippen LogP contribution is 2.53. The summed E-state index contributed by atoms with van der Waals surface area (Å²) in [6, 6.07) is 3.97. The first-order valence-corrected chi connectivity index (χ1v) is 7.97. The average Bonchev–Trinajstić information content (AvgIpc) is 2.97. The number of rotatable bonds is 3. The van der Waals surface area contributed by atoms with Crippen LogP contribution < -0.4 is 5.56 Å². The highest BCUT2D eigenvalue weighted by atomic mass is 19.2. The minimum atomic E-state index is -0.920. The summed E-state index contributed by atoms with van der Waals surface area (Å²) in [4.78, 5) is 12.6. The molecule has 128 valence electrons. The summed E-state index contributed by atoms with van der Waals surface area (Å²) in [6.45, 7) is 1.27. The Hall–Kier alpha value is -2.68. The lowest BCUT2D eigenvalue weighted by Gasteiger charge is -2.05. The Morgan fingerprint density at radius 1 is 1.24 bits per heavy atom. The van der Waals surface area contributed by atoms with Crippen molar-refractivity contribution in [3.05, 3.63) is 51.9 Å². The first-order chi connectivity index (χ1) is 12.1. The van der Waals surface area contributed by atoms with Gasteiger partial charge in [-0.25, -0.2) is 13.5 Å². The summed E-state index contributed by atoms with van der Waals surface area (Å²) in [7, 11) is 0. The molecule has 1 unspecified atom stereocenters. The van der Waals surface area contributed by atoms with Gasteiger partial charge in [0.25, 0.3) is 5.56 Å². The van der Waals surface area contributed by atoms with Gasteiger partial charge in [-0.2, -0.15) is 5.10 Å². The van der Waals surface area contributed by atoms with Crippen LogP contribution in [-0.2, 0) is 11.3 Å². The zero-order valence-corrected chi connectivity index (χ0v) is 13.0. The van der Waals surface area contributed by atoms with Crippen LogP contribution >= 0.6 is 0 Å². The first-order valence-electron chi connectivity index (χ1n) is 7.97. The van der Waals surface area contributed by atoms with E-state index in [2.05, 4.69) is 15.4 Å². The summed E-state index contributed by atoms with van der Waals surface area (Å²) in [6.07, 6.45) is 1.51. The van der Waals surface area contributed by atoms with E-state index >= 15 is 0 Å². The zero-order valence-electron chi connectivity index (χ0n) is 13.0. The molecule has 9 heteroatoms. The molecule has 5 rings (SSSR count). The maximum atomic E-state index is 13.8. The molecule has 0 N–H and O–H groups in total. The van der Waals surface area contributed by atoms with Gasteiger partial charge in [-0.3, -0.25) is 9.48 Å². The smallest absolute Gasteiger partial charge is 0.298 e. The Morgan fingerprint density at radius 3 is 2.84 bits per heavy atom. The zero-order chi connectivity index (χ0) is 17.1. The first kappa shape index (κ1) is 14.6. The largest absolute Gasteiger partial charge is 0.381 e. The second-order valence-corrected chi connectivity index (χ2v) is 6.47. The van der Waals surface area contributed by atoms with Crippen molar-refractivity contribution in [1.29, 1.82) is 0 Å². The molecule has 0 spiro atoms. The topological polar surface area (TPSA) is 74.8 Å². The predicted octanol–water partition coefficient (Wildman–Crippen LogP) is 1.13. The number of hydrogen-bond donors (Lipinski definition) is 0. The minimum absolute atomic E-state index is 0.00190. The monoisotopic (exact) mass is 345 g/mol. The van der Waals surface area contributed by atoms with Gasteiger partial charge in [-0.1, -0.05) is 17.3 Å². The molecule has 1 saturated heterocycles. The van der Waals surface area contributed by atoms with Crippen LogP contribution in [0.5, 0.6) is 0 Å². The maximum absolute atomic E-state index is 13.8. The van der Waals surface area contributed by atoms with Gasteiger partial charge in [0.2, 0.25) is 0 Å². The lowest BCUT2D eigenvalue weighted by Crippen LogP contribution is -2.26. The van der Waals surface area contributed by atoms with E-state index in [-0.39, 0.29) is 29.2 Å². The molecule has 2 fully saturated rings. The average molecular weight is 345 g/mol. The fourth-order valence-corrected chi connectivity index (χ4v) is 3.58. The third-order valence-corrected chi connectivity index (χ3v) is 4.96. The third kappa shape index (κ3) is 2.19. The van der Waals surface area contributed by atoms with Crippen molar-refractivity contribution >= 4 is 11.0 Å². The van der Waals surface area contributed by atoms with Gasteiger partial charge in [0.1, 0.15) is 5.52 Å². The van der Waals surface area contributed by atoms with Gasteiger partial charge >= 0.3 is 0 Å². The van der Waals surface area contributed by atoms with Crippen molar-refractivity contribution in [2.24, 2.45) is 11.8 Å². The van der Waals surface area contributed by atoms with Crippen LogP contribution in [0.2, 0.25) is 0 Å². The van der Waals surface area contributed by atoms with E-state index in [9.17, 15) is 13.6 Å². The second kappa shape index (κ2) is 5.16. The second-order valence-electron chi connectivity index (χ2n) is 6.47. The molecule has 25 heavy (non-hydrogen) atoms. The van der Waals surface area contributed by atoms with E-state index in [1.54, 1.807) is 0 Å². The van der Waals surface area contributed by atoms with Gasteiger partial charge < -0.3 is 4.74 Å². The lowest BCUT2D eigenvalue weighted by atomic mass is 10.2. The van der Waals surface area contributed by atoms with Gasteiger partial charge in [-0.05, 0) is 6.07 Å². The fraction of sp³-hybridized carbons (Fsp3) is 0.375. The summed E-state index contributed by atoms with van der Waals surface area (Å²) < 4.78 is 35.2. The van der Waals surface area contributed by atoms with Crippen LogP contribution in [0.3, 0.4) is 0 Å². The SMILES string of the molecule is O=c1c2nn(Cc3cccc(F)c3F)cc2nnn1C1[C@H]2COC[C@@H]12. The number of nitrogens with zero attached hydrogens (tertiary/aromatic N) is 5. The van der Waals surface area contributed by atoms with Gasteiger partial charge in [0, 0.05) is 17.4 Å². The number of ether oxygens (including phenoxy) is 1. The molecule has 1 aliphatic heterocycles. The molecule has 1 aromatic carbocycles. The highest BCUT2D eigenvalue weighted by molar-refractivity contribution is 5.71. The molecule has 0 amide bonds. The Balaban J connectivity index is 1.51. The van der Waals surface area contributed by atoms with E-state index in [4.69, 9.17) is 4.74 Å². The van der Waals surface area contributed by atoms with Crippen LogP contribution in [0.25, 0.3) is 11.0 Å². The molecule has 3 heterocycles. The van der Waals surface area contributed by atoms with Gasteiger partial charge in [0.15, 0.2) is 17.2 Å². The molecule has 2 aromatic heterocycles. The summed E-state index contributed by atoms with van der Waals surface area (Å²) in [5, 5.41) is 12.3. The van der Waals surface area contributed by atoms with Crippen LogP contribution in [-0.4, -0.2) is 38.0 Å². The quantitative estimate of drug-likeness (QED) is 0.711. The molecule has 3 aromatic rings. The van der Waals surface area contributed by atoms with Gasteiger partial charge in [0.05, 0.1) is 32.0 Å². The van der Waals surface area contributed by atoms with E-state index in [0.717, 1.165) is 6.07 Å². The third-order valence-electron chi connectivity index (χ3n) is 4.96. The minimum Gasteiger partial charge on any atom is -0.381 e. The number of fused-ring (bicyclic) bond motifs is 2. The summed E-state index contributed by atoms with van der Waals surface area (Å²) in [5.74, 6) is -1.21. The van der Waals surface area contributed by atoms with Crippen LogP contribution in [0.4, 0.5) is 8.78 Å². The predicted molar refractivity (Wildman–Crippen MR) is 81.9 cm³/mol. The number of hydrogen-bond acceptors (Lipinski definition) is 5. The Morgan fingerprint density at radius 2 is 2.04 bits per heavy atom. The van der Waals surface area contributed by atoms with E-state index < -0.39 is 11.6 Å². The molecule has 1 aliphatic carbocycles. The van der Waals surface area contributed by atoms with Crippen molar-refractivity contribution in [1.82, 2.24) is 24.8 Å². The Bertz CT molecular complexity index is 1040. The van der Waals surface area contributed by atoms with E-state index in [1.165, 1.54) is 27.7 Å². The maximum Gasteiger partial charge on any atom is 0.298 e. The Labute approximate surface area is 139 Å². The molecule has 0 radical (unpaired) electrons. The van der Waals surface area contributed by atoms with Crippen LogP contribution in [0.15, 0.2) is 29.2 Å².